The van der Waals surface area contributed by atoms with Crippen LogP contribution in [0.5, 0.6) is 0 Å². The van der Waals surface area contributed by atoms with Crippen LogP contribution in [0.1, 0.15) is 25.3 Å². The molecule has 30 heavy (non-hydrogen) atoms. The van der Waals surface area contributed by atoms with Crippen molar-refractivity contribution in [1.29, 1.82) is 0 Å². The number of nitrogens with two attached hydrogens (primary N) is 1. The number of hydrogen-bond donors (Lipinski definition) is 3. The molecule has 2 amide bonds. The largest absolute Gasteiger partial charge is 0.481 e. The van der Waals surface area contributed by atoms with E-state index < -0.39 is 41.9 Å². The van der Waals surface area contributed by atoms with Crippen molar-refractivity contribution in [3.05, 3.63) is 59.1 Å². The Bertz CT molecular complexity index is 943. The summed E-state index contributed by atoms with van der Waals surface area (Å²) in [5, 5.41) is 12.4. The Morgan fingerprint density at radius 1 is 1.07 bits per heavy atom. The van der Waals surface area contributed by atoms with Crippen LogP contribution in [0.4, 0.5) is 0 Å². The smallest absolute Gasteiger partial charge is 0.306 e. The summed E-state index contributed by atoms with van der Waals surface area (Å²) in [7, 11) is 0. The number of benzene rings is 2. The highest BCUT2D eigenvalue weighted by atomic mass is 35.5. The quantitative estimate of drug-likeness (QED) is 0.394. The summed E-state index contributed by atoms with van der Waals surface area (Å²) in [5.74, 6) is -4.54. The summed E-state index contributed by atoms with van der Waals surface area (Å²) >= 11 is 6.03. The average Bonchev–Trinajstić information content (AvgIpc) is 2.67. The van der Waals surface area contributed by atoms with E-state index >= 15 is 0 Å². The molecule has 2 aromatic rings. The number of hydrogen-bond acceptors (Lipinski definition) is 4. The van der Waals surface area contributed by atoms with Gasteiger partial charge in [0.2, 0.25) is 11.7 Å². The molecule has 0 fully saturated rings. The Morgan fingerprint density at radius 2 is 1.73 bits per heavy atom. The van der Waals surface area contributed by atoms with Crippen LogP contribution in [0.3, 0.4) is 0 Å². The molecule has 2 atom stereocenters. The lowest BCUT2D eigenvalue weighted by molar-refractivity contribution is -0.142. The number of aliphatic carboxylic acids is 1. The maximum atomic E-state index is 12.1. The van der Waals surface area contributed by atoms with Gasteiger partial charge in [0.25, 0.3) is 5.91 Å². The first-order chi connectivity index (χ1) is 14.2. The van der Waals surface area contributed by atoms with Gasteiger partial charge in [0.15, 0.2) is 0 Å². The molecular formula is C22H23ClN2O5. The molecule has 7 nitrogen and oxygen atoms in total. The number of amides is 2. The van der Waals surface area contributed by atoms with E-state index in [1.54, 1.807) is 6.07 Å². The third kappa shape index (κ3) is 7.00. The van der Waals surface area contributed by atoms with E-state index in [-0.39, 0.29) is 6.42 Å². The number of primary amides is 1. The monoisotopic (exact) mass is 430 g/mol. The molecule has 0 saturated carbocycles. The predicted octanol–water partition coefficient (Wildman–Crippen LogP) is 2.59. The highest BCUT2D eigenvalue weighted by molar-refractivity contribution is 6.39. The number of rotatable bonds is 10. The van der Waals surface area contributed by atoms with Crippen LogP contribution in [-0.2, 0) is 25.6 Å². The van der Waals surface area contributed by atoms with Gasteiger partial charge in [0.05, 0.1) is 12.3 Å². The van der Waals surface area contributed by atoms with Crippen molar-refractivity contribution in [2.45, 2.75) is 32.2 Å². The number of halogens is 1. The number of ketones is 1. The number of carboxylic acids is 1. The first-order valence-corrected chi connectivity index (χ1v) is 9.73. The van der Waals surface area contributed by atoms with Gasteiger partial charge in [-0.15, -0.1) is 0 Å². The van der Waals surface area contributed by atoms with Crippen molar-refractivity contribution >= 4 is 35.2 Å². The van der Waals surface area contributed by atoms with Gasteiger partial charge in [-0.3, -0.25) is 19.2 Å². The molecule has 0 heterocycles. The van der Waals surface area contributed by atoms with Crippen LogP contribution in [0.25, 0.3) is 11.1 Å². The SMILES string of the molecule is C[C@@H](C[C@@H](Cc1ccc(-c2cccc(Cl)c2)cc1)NC(=O)C(=O)CC(N)=O)C(=O)O. The normalized spacial score (nSPS) is 12.6. The lowest BCUT2D eigenvalue weighted by Crippen LogP contribution is -2.43. The van der Waals surface area contributed by atoms with Gasteiger partial charge in [-0.1, -0.05) is 54.9 Å². The average molecular weight is 431 g/mol. The molecule has 0 bridgehead atoms. The number of carbonyl (C=O) groups is 4. The highest BCUT2D eigenvalue weighted by Gasteiger charge is 2.24. The van der Waals surface area contributed by atoms with Gasteiger partial charge < -0.3 is 16.2 Å². The molecular weight excluding hydrogens is 408 g/mol. The molecule has 0 radical (unpaired) electrons. The topological polar surface area (TPSA) is 127 Å². The van der Waals surface area contributed by atoms with Crippen molar-refractivity contribution in [1.82, 2.24) is 5.32 Å². The van der Waals surface area contributed by atoms with Crippen LogP contribution >= 0.6 is 11.6 Å². The van der Waals surface area contributed by atoms with Gasteiger partial charge in [-0.25, -0.2) is 0 Å². The number of nitrogens with one attached hydrogen (secondary N) is 1. The number of Topliss-reactive ketones (excluding diaryl/α,β-unsaturated/α-hetero) is 1. The van der Waals surface area contributed by atoms with Crippen LogP contribution in [0.15, 0.2) is 48.5 Å². The van der Waals surface area contributed by atoms with Gasteiger partial charge in [0, 0.05) is 11.1 Å². The summed E-state index contributed by atoms with van der Waals surface area (Å²) in [6.45, 7) is 1.52. The molecule has 0 saturated heterocycles. The van der Waals surface area contributed by atoms with Gasteiger partial charge in [-0.05, 0) is 41.7 Å². The van der Waals surface area contributed by atoms with E-state index in [0.29, 0.717) is 11.4 Å². The Hall–Kier alpha value is -3.19. The molecule has 4 N–H and O–H groups in total. The number of carboxylic acid groups (broad SMARTS) is 1. The van der Waals surface area contributed by atoms with E-state index in [0.717, 1.165) is 16.7 Å². The fourth-order valence-electron chi connectivity index (χ4n) is 3.01. The van der Waals surface area contributed by atoms with E-state index in [1.165, 1.54) is 6.92 Å². The zero-order valence-electron chi connectivity index (χ0n) is 16.4. The van der Waals surface area contributed by atoms with Crippen LogP contribution in [-0.4, -0.2) is 34.7 Å². The fourth-order valence-corrected chi connectivity index (χ4v) is 3.20. The minimum absolute atomic E-state index is 0.126. The van der Waals surface area contributed by atoms with Crippen LogP contribution in [0.2, 0.25) is 5.02 Å². The maximum Gasteiger partial charge on any atom is 0.306 e. The second kappa shape index (κ2) is 10.5. The molecule has 0 aliphatic rings. The van der Waals surface area contributed by atoms with E-state index in [9.17, 15) is 24.3 Å². The minimum Gasteiger partial charge on any atom is -0.481 e. The lowest BCUT2D eigenvalue weighted by Gasteiger charge is -2.20. The second-order valence-corrected chi connectivity index (χ2v) is 7.56. The zero-order valence-corrected chi connectivity index (χ0v) is 17.2. The van der Waals surface area contributed by atoms with Gasteiger partial charge in [-0.2, -0.15) is 0 Å². The summed E-state index contributed by atoms with van der Waals surface area (Å²) in [5.41, 5.74) is 7.71. The van der Waals surface area contributed by atoms with Crippen molar-refractivity contribution in [3.8, 4) is 11.1 Å². The Balaban J connectivity index is 2.14. The summed E-state index contributed by atoms with van der Waals surface area (Å²) in [6, 6.07) is 14.4. The minimum atomic E-state index is -1.01. The fraction of sp³-hybridized carbons (Fsp3) is 0.273. The third-order valence-corrected chi connectivity index (χ3v) is 4.81. The van der Waals surface area contributed by atoms with E-state index in [1.807, 2.05) is 42.5 Å². The van der Waals surface area contributed by atoms with E-state index in [4.69, 9.17) is 17.3 Å². The second-order valence-electron chi connectivity index (χ2n) is 7.12. The first-order valence-electron chi connectivity index (χ1n) is 9.35. The third-order valence-electron chi connectivity index (χ3n) is 4.58. The van der Waals surface area contributed by atoms with Crippen molar-refractivity contribution < 1.29 is 24.3 Å². The molecule has 0 unspecified atom stereocenters. The lowest BCUT2D eigenvalue weighted by atomic mass is 9.94. The molecule has 8 heteroatoms. The maximum absolute atomic E-state index is 12.1. The highest BCUT2D eigenvalue weighted by Crippen LogP contribution is 2.23. The van der Waals surface area contributed by atoms with Gasteiger partial charge in [0.1, 0.15) is 0 Å². The summed E-state index contributed by atoms with van der Waals surface area (Å²) in [4.78, 5) is 45.9. The zero-order chi connectivity index (χ0) is 22.3. The molecule has 0 spiro atoms. The summed E-state index contributed by atoms with van der Waals surface area (Å²) < 4.78 is 0. The molecule has 0 aliphatic carbocycles. The Labute approximate surface area is 179 Å². The Kier molecular flexibility index (Phi) is 8.12. The molecule has 158 valence electrons. The summed E-state index contributed by atoms with van der Waals surface area (Å²) in [6.07, 6.45) is -0.245. The first kappa shape index (κ1) is 23.1. The number of carbonyl (C=O) groups excluding carboxylic acids is 3. The van der Waals surface area contributed by atoms with Gasteiger partial charge >= 0.3 is 5.97 Å². The van der Waals surface area contributed by atoms with Crippen molar-refractivity contribution in [3.63, 3.8) is 0 Å². The standard InChI is InChI=1S/C22H23ClN2O5/c1-13(22(29)30)9-18(25-21(28)19(26)12-20(24)27)10-14-5-7-15(8-6-14)16-3-2-4-17(23)11-16/h2-8,11,13,18H,9-10,12H2,1H3,(H2,24,27)(H,25,28)(H,29,30)/t13-,18-/m0/s1. The van der Waals surface area contributed by atoms with Crippen molar-refractivity contribution in [2.75, 3.05) is 0 Å². The van der Waals surface area contributed by atoms with E-state index in [2.05, 4.69) is 5.32 Å². The predicted molar refractivity (Wildman–Crippen MR) is 113 cm³/mol. The van der Waals surface area contributed by atoms with Crippen LogP contribution < -0.4 is 11.1 Å². The van der Waals surface area contributed by atoms with Crippen LogP contribution in [0, 0.1) is 5.92 Å². The Morgan fingerprint density at radius 3 is 2.30 bits per heavy atom. The van der Waals surface area contributed by atoms with Crippen molar-refractivity contribution in [2.24, 2.45) is 11.7 Å². The molecule has 2 aromatic carbocycles. The molecule has 0 aromatic heterocycles. The molecule has 0 aliphatic heterocycles. The molecule has 2 rings (SSSR count).